The molecule has 3 atom stereocenters. The molecule has 0 spiro atoms. The molecular formula is C18H16BrN. The van der Waals surface area contributed by atoms with Gasteiger partial charge in [-0.15, -0.1) is 0 Å². The maximum Gasteiger partial charge on any atom is 0.0565 e. The number of benzene rings is 2. The summed E-state index contributed by atoms with van der Waals surface area (Å²) in [5.41, 5.74) is 4.08. The van der Waals surface area contributed by atoms with Gasteiger partial charge in [-0.05, 0) is 35.6 Å². The van der Waals surface area contributed by atoms with E-state index in [0.717, 1.165) is 6.42 Å². The molecule has 0 bridgehead atoms. The molecule has 0 unspecified atom stereocenters. The molecule has 1 aliphatic heterocycles. The highest BCUT2D eigenvalue weighted by Crippen LogP contribution is 2.50. The van der Waals surface area contributed by atoms with Crippen LogP contribution < -0.4 is 5.32 Å². The lowest BCUT2D eigenvalue weighted by molar-refractivity contribution is 0.424. The van der Waals surface area contributed by atoms with Crippen molar-refractivity contribution in [2.24, 2.45) is 5.92 Å². The zero-order chi connectivity index (χ0) is 13.5. The second-order valence-corrected chi connectivity index (χ2v) is 6.44. The first-order chi connectivity index (χ1) is 9.84. The quantitative estimate of drug-likeness (QED) is 0.704. The first-order valence-electron chi connectivity index (χ1n) is 7.11. The predicted molar refractivity (Wildman–Crippen MR) is 86.9 cm³/mol. The lowest BCUT2D eigenvalue weighted by atomic mass is 9.77. The number of hydrogen-bond acceptors (Lipinski definition) is 1. The third-order valence-corrected chi connectivity index (χ3v) is 5.23. The molecular weight excluding hydrogens is 310 g/mol. The first kappa shape index (κ1) is 12.2. The Kier molecular flexibility index (Phi) is 2.92. The van der Waals surface area contributed by atoms with Crippen LogP contribution in [0.2, 0.25) is 0 Å². The highest BCUT2D eigenvalue weighted by atomic mass is 79.9. The molecule has 100 valence electrons. The van der Waals surface area contributed by atoms with Gasteiger partial charge in [-0.25, -0.2) is 0 Å². The van der Waals surface area contributed by atoms with Crippen molar-refractivity contribution in [3.8, 4) is 0 Å². The molecule has 1 nitrogen and oxygen atoms in total. The SMILES string of the molecule is Brc1ccccc1[C@@H]1Nc2ccccc2[C@@H]2C=CC[C@@H]21. The molecule has 1 aliphatic carbocycles. The molecule has 0 fully saturated rings. The van der Waals surface area contributed by atoms with Crippen LogP contribution in [-0.2, 0) is 0 Å². The van der Waals surface area contributed by atoms with Crippen LogP contribution in [0.15, 0.2) is 65.2 Å². The Morgan fingerprint density at radius 2 is 1.70 bits per heavy atom. The van der Waals surface area contributed by atoms with E-state index in [1.807, 2.05) is 0 Å². The van der Waals surface area contributed by atoms with Gasteiger partial charge in [0.25, 0.3) is 0 Å². The van der Waals surface area contributed by atoms with E-state index < -0.39 is 0 Å². The lowest BCUT2D eigenvalue weighted by Gasteiger charge is -2.37. The summed E-state index contributed by atoms with van der Waals surface area (Å²) in [5, 5.41) is 3.76. The summed E-state index contributed by atoms with van der Waals surface area (Å²) in [5.74, 6) is 1.16. The standard InChI is InChI=1S/C18H16BrN/c19-16-10-3-1-7-15(16)18-14-9-5-8-12(14)13-6-2-4-11-17(13)20-18/h1-8,10-12,14,18,20H,9H2/t12-,14-,18+/m0/s1. The molecule has 2 aromatic rings. The van der Waals surface area contributed by atoms with Crippen molar-refractivity contribution in [2.75, 3.05) is 5.32 Å². The van der Waals surface area contributed by atoms with Gasteiger partial charge in [-0.2, -0.15) is 0 Å². The molecule has 0 saturated carbocycles. The molecule has 0 radical (unpaired) electrons. The van der Waals surface area contributed by atoms with Gasteiger partial charge in [-0.3, -0.25) is 0 Å². The van der Waals surface area contributed by atoms with Crippen molar-refractivity contribution in [3.63, 3.8) is 0 Å². The van der Waals surface area contributed by atoms with E-state index in [1.54, 1.807) is 0 Å². The van der Waals surface area contributed by atoms with Gasteiger partial charge < -0.3 is 5.32 Å². The summed E-state index contributed by atoms with van der Waals surface area (Å²) in [7, 11) is 0. The maximum atomic E-state index is 3.76. The average molecular weight is 326 g/mol. The minimum Gasteiger partial charge on any atom is -0.378 e. The fourth-order valence-electron chi connectivity index (χ4n) is 3.58. The molecule has 2 aromatic carbocycles. The van der Waals surface area contributed by atoms with E-state index in [-0.39, 0.29) is 0 Å². The van der Waals surface area contributed by atoms with Gasteiger partial charge in [0.15, 0.2) is 0 Å². The molecule has 20 heavy (non-hydrogen) atoms. The zero-order valence-electron chi connectivity index (χ0n) is 11.1. The van der Waals surface area contributed by atoms with Crippen LogP contribution in [0.25, 0.3) is 0 Å². The molecule has 0 saturated heterocycles. The largest absolute Gasteiger partial charge is 0.378 e. The second-order valence-electron chi connectivity index (χ2n) is 5.58. The van der Waals surface area contributed by atoms with Crippen LogP contribution in [0.3, 0.4) is 0 Å². The number of fused-ring (bicyclic) bond motifs is 3. The van der Waals surface area contributed by atoms with Crippen molar-refractivity contribution in [2.45, 2.75) is 18.4 Å². The van der Waals surface area contributed by atoms with Gasteiger partial charge >= 0.3 is 0 Å². The average Bonchev–Trinajstić information content (AvgIpc) is 2.97. The van der Waals surface area contributed by atoms with E-state index in [4.69, 9.17) is 0 Å². The predicted octanol–water partition coefficient (Wildman–Crippen LogP) is 5.28. The number of para-hydroxylation sites is 1. The van der Waals surface area contributed by atoms with Crippen molar-refractivity contribution >= 4 is 21.6 Å². The Morgan fingerprint density at radius 3 is 2.55 bits per heavy atom. The van der Waals surface area contributed by atoms with Crippen LogP contribution >= 0.6 is 15.9 Å². The highest BCUT2D eigenvalue weighted by molar-refractivity contribution is 9.10. The fourth-order valence-corrected chi connectivity index (χ4v) is 4.11. The van der Waals surface area contributed by atoms with Gasteiger partial charge in [0, 0.05) is 16.1 Å². The van der Waals surface area contributed by atoms with E-state index in [2.05, 4.69) is 81.9 Å². The summed E-state index contributed by atoms with van der Waals surface area (Å²) >= 11 is 3.71. The number of rotatable bonds is 1. The van der Waals surface area contributed by atoms with Crippen molar-refractivity contribution in [1.29, 1.82) is 0 Å². The summed E-state index contributed by atoms with van der Waals surface area (Å²) in [4.78, 5) is 0. The Bertz CT molecular complexity index is 677. The topological polar surface area (TPSA) is 12.0 Å². The monoisotopic (exact) mass is 325 g/mol. The highest BCUT2D eigenvalue weighted by Gasteiger charge is 2.38. The van der Waals surface area contributed by atoms with E-state index in [1.165, 1.54) is 21.3 Å². The van der Waals surface area contributed by atoms with Crippen LogP contribution in [0.1, 0.15) is 29.5 Å². The number of allylic oxidation sites excluding steroid dienone is 2. The van der Waals surface area contributed by atoms with Crippen molar-refractivity contribution in [1.82, 2.24) is 0 Å². The molecule has 4 rings (SSSR count). The molecule has 1 heterocycles. The number of hydrogen-bond donors (Lipinski definition) is 1. The van der Waals surface area contributed by atoms with Crippen LogP contribution in [0, 0.1) is 5.92 Å². The number of anilines is 1. The van der Waals surface area contributed by atoms with Crippen LogP contribution in [-0.4, -0.2) is 0 Å². The normalized spacial score (nSPS) is 26.8. The van der Waals surface area contributed by atoms with Gasteiger partial charge in [0.1, 0.15) is 0 Å². The Hall–Kier alpha value is -1.54. The minimum atomic E-state index is 0.375. The summed E-state index contributed by atoms with van der Waals surface area (Å²) < 4.78 is 1.20. The van der Waals surface area contributed by atoms with Gasteiger partial charge in [-0.1, -0.05) is 64.5 Å². The summed E-state index contributed by atoms with van der Waals surface area (Å²) in [6, 6.07) is 17.6. The fraction of sp³-hybridized carbons (Fsp3) is 0.222. The Labute approximate surface area is 127 Å². The first-order valence-corrected chi connectivity index (χ1v) is 7.90. The number of halogens is 1. The van der Waals surface area contributed by atoms with Crippen molar-refractivity contribution < 1.29 is 0 Å². The Balaban J connectivity index is 1.82. The van der Waals surface area contributed by atoms with E-state index in [9.17, 15) is 0 Å². The summed E-state index contributed by atoms with van der Waals surface area (Å²) in [6.45, 7) is 0. The minimum absolute atomic E-state index is 0.375. The van der Waals surface area contributed by atoms with E-state index in [0.29, 0.717) is 17.9 Å². The smallest absolute Gasteiger partial charge is 0.0565 e. The summed E-state index contributed by atoms with van der Waals surface area (Å²) in [6.07, 6.45) is 5.87. The third kappa shape index (κ3) is 1.82. The molecule has 1 N–H and O–H groups in total. The lowest BCUT2D eigenvalue weighted by Crippen LogP contribution is -2.29. The molecule has 2 heteroatoms. The third-order valence-electron chi connectivity index (χ3n) is 4.51. The molecule has 2 aliphatic rings. The van der Waals surface area contributed by atoms with E-state index >= 15 is 0 Å². The van der Waals surface area contributed by atoms with Crippen molar-refractivity contribution in [3.05, 3.63) is 76.3 Å². The second kappa shape index (κ2) is 4.78. The van der Waals surface area contributed by atoms with Gasteiger partial charge in [0.05, 0.1) is 6.04 Å². The molecule has 0 amide bonds. The Morgan fingerprint density at radius 1 is 0.950 bits per heavy atom. The molecule has 0 aromatic heterocycles. The van der Waals surface area contributed by atoms with Crippen LogP contribution in [0.5, 0.6) is 0 Å². The van der Waals surface area contributed by atoms with Gasteiger partial charge in [0.2, 0.25) is 0 Å². The zero-order valence-corrected chi connectivity index (χ0v) is 12.7. The maximum absolute atomic E-state index is 3.76. The number of nitrogens with one attached hydrogen (secondary N) is 1. The van der Waals surface area contributed by atoms with Crippen LogP contribution in [0.4, 0.5) is 5.69 Å².